The van der Waals surface area contributed by atoms with Crippen molar-refractivity contribution in [3.05, 3.63) is 0 Å². The van der Waals surface area contributed by atoms with Crippen molar-refractivity contribution in [1.82, 2.24) is 0 Å². The van der Waals surface area contributed by atoms with Crippen molar-refractivity contribution in [2.45, 2.75) is 13.8 Å². The number of carbonyl (C=O) groups is 1. The molecule has 2 heteroatoms. The summed E-state index contributed by atoms with van der Waals surface area (Å²) in [4.78, 5) is 9.99. The molecule has 0 amide bonds. The fourth-order valence-corrected chi connectivity index (χ4v) is 0.300. The van der Waals surface area contributed by atoms with Gasteiger partial charge in [0.1, 0.15) is 6.29 Å². The van der Waals surface area contributed by atoms with Gasteiger partial charge in [-0.25, -0.2) is 0 Å². The standard InChI is InChI=1S/C6H12O2/c1-5(3-7)6(2)4-8/h3,5-6,8H,4H2,1-2H3/t5-,6+/m1/s1. The van der Waals surface area contributed by atoms with Gasteiger partial charge in [-0.05, 0) is 5.92 Å². The Bertz CT molecular complexity index is 70.9. The van der Waals surface area contributed by atoms with E-state index in [1.54, 1.807) is 6.92 Å². The van der Waals surface area contributed by atoms with Gasteiger partial charge in [-0.3, -0.25) is 0 Å². The van der Waals surface area contributed by atoms with Gasteiger partial charge in [0.25, 0.3) is 0 Å². The third-order valence-electron chi connectivity index (χ3n) is 1.40. The summed E-state index contributed by atoms with van der Waals surface area (Å²) in [5.41, 5.74) is 0. The van der Waals surface area contributed by atoms with E-state index in [1.165, 1.54) is 0 Å². The number of rotatable bonds is 3. The summed E-state index contributed by atoms with van der Waals surface area (Å²) in [6, 6.07) is 0. The average molecular weight is 116 g/mol. The average Bonchev–Trinajstić information content (AvgIpc) is 1.84. The fourth-order valence-electron chi connectivity index (χ4n) is 0.300. The van der Waals surface area contributed by atoms with Crippen LogP contribution in [0.25, 0.3) is 0 Å². The molecule has 0 spiro atoms. The first-order chi connectivity index (χ1) is 3.72. The molecule has 1 N–H and O–H groups in total. The van der Waals surface area contributed by atoms with E-state index >= 15 is 0 Å². The van der Waals surface area contributed by atoms with Gasteiger partial charge >= 0.3 is 0 Å². The Hall–Kier alpha value is -0.370. The van der Waals surface area contributed by atoms with Crippen LogP contribution in [0.5, 0.6) is 0 Å². The highest BCUT2D eigenvalue weighted by Crippen LogP contribution is 2.05. The Morgan fingerprint density at radius 1 is 1.62 bits per heavy atom. The van der Waals surface area contributed by atoms with E-state index in [2.05, 4.69) is 0 Å². The molecule has 0 heterocycles. The summed E-state index contributed by atoms with van der Waals surface area (Å²) in [5, 5.41) is 8.48. The van der Waals surface area contributed by atoms with Gasteiger partial charge in [-0.15, -0.1) is 0 Å². The highest BCUT2D eigenvalue weighted by Gasteiger charge is 2.07. The number of hydrogen-bond acceptors (Lipinski definition) is 2. The van der Waals surface area contributed by atoms with E-state index in [1.807, 2.05) is 6.92 Å². The fraction of sp³-hybridized carbons (Fsp3) is 0.833. The van der Waals surface area contributed by atoms with Gasteiger partial charge < -0.3 is 9.90 Å². The van der Waals surface area contributed by atoms with Crippen molar-refractivity contribution in [1.29, 1.82) is 0 Å². The number of aliphatic hydroxyl groups is 1. The number of carbonyl (C=O) groups excluding carboxylic acids is 1. The van der Waals surface area contributed by atoms with Crippen LogP contribution in [0, 0.1) is 11.8 Å². The quantitative estimate of drug-likeness (QED) is 0.543. The monoisotopic (exact) mass is 116 g/mol. The van der Waals surface area contributed by atoms with Crippen LogP contribution in [-0.4, -0.2) is 18.0 Å². The molecule has 0 unspecified atom stereocenters. The second-order valence-electron chi connectivity index (χ2n) is 2.16. The second-order valence-corrected chi connectivity index (χ2v) is 2.16. The zero-order valence-electron chi connectivity index (χ0n) is 5.29. The van der Waals surface area contributed by atoms with Crippen molar-refractivity contribution in [2.75, 3.05) is 6.61 Å². The molecule has 0 aliphatic heterocycles. The van der Waals surface area contributed by atoms with Crippen LogP contribution >= 0.6 is 0 Å². The zero-order valence-corrected chi connectivity index (χ0v) is 5.29. The topological polar surface area (TPSA) is 37.3 Å². The Kier molecular flexibility index (Phi) is 3.44. The second kappa shape index (κ2) is 3.61. The molecule has 0 saturated heterocycles. The zero-order chi connectivity index (χ0) is 6.57. The minimum atomic E-state index is -0.0139. The maximum absolute atomic E-state index is 9.99. The van der Waals surface area contributed by atoms with Crippen LogP contribution in [0.15, 0.2) is 0 Å². The molecule has 8 heavy (non-hydrogen) atoms. The molecular formula is C6H12O2. The number of aliphatic hydroxyl groups excluding tert-OH is 1. The lowest BCUT2D eigenvalue weighted by Gasteiger charge is -2.08. The van der Waals surface area contributed by atoms with Gasteiger partial charge in [0, 0.05) is 12.5 Å². The van der Waals surface area contributed by atoms with E-state index in [-0.39, 0.29) is 18.4 Å². The molecule has 0 aliphatic carbocycles. The Balaban J connectivity index is 3.44. The molecule has 0 aromatic carbocycles. The van der Waals surface area contributed by atoms with Crippen molar-refractivity contribution >= 4 is 6.29 Å². The maximum atomic E-state index is 9.99. The van der Waals surface area contributed by atoms with E-state index in [4.69, 9.17) is 5.11 Å². The molecule has 0 saturated carbocycles. The third-order valence-corrected chi connectivity index (χ3v) is 1.40. The normalized spacial score (nSPS) is 17.4. The Morgan fingerprint density at radius 3 is 2.25 bits per heavy atom. The van der Waals surface area contributed by atoms with Crippen LogP contribution in [0.1, 0.15) is 13.8 Å². The molecule has 0 radical (unpaired) electrons. The van der Waals surface area contributed by atoms with Gasteiger partial charge in [0.2, 0.25) is 0 Å². The smallest absolute Gasteiger partial charge is 0.123 e. The summed E-state index contributed by atoms with van der Waals surface area (Å²) in [6.07, 6.45) is 0.862. The van der Waals surface area contributed by atoms with Crippen LogP contribution in [-0.2, 0) is 4.79 Å². The SMILES string of the molecule is C[C@H](C=O)[C@@H](C)CO. The lowest BCUT2D eigenvalue weighted by molar-refractivity contribution is -0.112. The van der Waals surface area contributed by atoms with Gasteiger partial charge in [-0.1, -0.05) is 13.8 Å². The molecular weight excluding hydrogens is 104 g/mol. The lowest BCUT2D eigenvalue weighted by atomic mass is 9.99. The Morgan fingerprint density at radius 2 is 2.12 bits per heavy atom. The highest BCUT2D eigenvalue weighted by molar-refractivity contribution is 5.53. The van der Waals surface area contributed by atoms with Crippen LogP contribution in [0.2, 0.25) is 0 Å². The van der Waals surface area contributed by atoms with Crippen LogP contribution in [0.3, 0.4) is 0 Å². The van der Waals surface area contributed by atoms with E-state index in [0.29, 0.717) is 0 Å². The van der Waals surface area contributed by atoms with Crippen molar-refractivity contribution in [3.63, 3.8) is 0 Å². The molecule has 0 aromatic heterocycles. The Labute approximate surface area is 49.5 Å². The first-order valence-electron chi connectivity index (χ1n) is 2.78. The molecule has 0 aromatic rings. The minimum absolute atomic E-state index is 0.0139. The molecule has 0 bridgehead atoms. The van der Waals surface area contributed by atoms with Crippen molar-refractivity contribution in [3.8, 4) is 0 Å². The molecule has 48 valence electrons. The number of aldehydes is 1. The molecule has 2 nitrogen and oxygen atoms in total. The predicted octanol–water partition coefficient (Wildman–Crippen LogP) is 0.450. The van der Waals surface area contributed by atoms with Crippen molar-refractivity contribution < 1.29 is 9.90 Å². The van der Waals surface area contributed by atoms with E-state index in [9.17, 15) is 4.79 Å². The lowest BCUT2D eigenvalue weighted by Crippen LogP contribution is -2.12. The maximum Gasteiger partial charge on any atom is 0.123 e. The molecule has 0 rings (SSSR count). The first kappa shape index (κ1) is 7.63. The van der Waals surface area contributed by atoms with Crippen LogP contribution < -0.4 is 0 Å². The van der Waals surface area contributed by atoms with Gasteiger partial charge in [0.05, 0.1) is 0 Å². The summed E-state index contributed by atoms with van der Waals surface area (Å²) < 4.78 is 0. The van der Waals surface area contributed by atoms with E-state index in [0.717, 1.165) is 6.29 Å². The molecule has 2 atom stereocenters. The molecule has 0 aliphatic rings. The summed E-state index contributed by atoms with van der Waals surface area (Å²) >= 11 is 0. The predicted molar refractivity (Wildman–Crippen MR) is 31.5 cm³/mol. The summed E-state index contributed by atoms with van der Waals surface area (Å²) in [6.45, 7) is 3.74. The molecule has 0 fully saturated rings. The van der Waals surface area contributed by atoms with E-state index < -0.39 is 0 Å². The van der Waals surface area contributed by atoms with Gasteiger partial charge in [0.15, 0.2) is 0 Å². The summed E-state index contributed by atoms with van der Waals surface area (Å²) in [5.74, 6) is 0.0903. The largest absolute Gasteiger partial charge is 0.396 e. The highest BCUT2D eigenvalue weighted by atomic mass is 16.3. The first-order valence-corrected chi connectivity index (χ1v) is 2.78. The van der Waals surface area contributed by atoms with Crippen molar-refractivity contribution in [2.24, 2.45) is 11.8 Å². The minimum Gasteiger partial charge on any atom is -0.396 e. The van der Waals surface area contributed by atoms with Gasteiger partial charge in [-0.2, -0.15) is 0 Å². The number of hydrogen-bond donors (Lipinski definition) is 1. The third kappa shape index (κ3) is 2.07. The summed E-state index contributed by atoms with van der Waals surface area (Å²) in [7, 11) is 0. The van der Waals surface area contributed by atoms with Crippen LogP contribution in [0.4, 0.5) is 0 Å².